The molecule has 1 aliphatic heterocycles. The molecule has 0 radical (unpaired) electrons. The molecule has 0 aromatic heterocycles. The SMILES string of the molecule is CCc1ccc(C2=NN(c3ccccc3)C(c3ccc(O)cc3)C2)cc1. The average Bonchev–Trinajstić information content (AvgIpc) is 3.15. The highest BCUT2D eigenvalue weighted by atomic mass is 16.3. The zero-order valence-electron chi connectivity index (χ0n) is 14.8. The molecule has 0 saturated carbocycles. The van der Waals surface area contributed by atoms with Gasteiger partial charge < -0.3 is 5.11 Å². The van der Waals surface area contributed by atoms with Crippen LogP contribution in [0.4, 0.5) is 5.69 Å². The van der Waals surface area contributed by atoms with Crippen molar-refractivity contribution >= 4 is 11.4 Å². The molecular weight excluding hydrogens is 320 g/mol. The number of benzene rings is 3. The second-order valence-corrected chi connectivity index (χ2v) is 6.59. The molecule has 3 aromatic rings. The van der Waals surface area contributed by atoms with E-state index >= 15 is 0 Å². The zero-order valence-corrected chi connectivity index (χ0v) is 14.8. The van der Waals surface area contributed by atoms with Crippen LogP contribution in [0.1, 0.15) is 36.1 Å². The molecule has 3 aromatic carbocycles. The minimum Gasteiger partial charge on any atom is -0.508 e. The van der Waals surface area contributed by atoms with Crippen LogP contribution >= 0.6 is 0 Å². The van der Waals surface area contributed by atoms with Crippen molar-refractivity contribution in [2.24, 2.45) is 5.10 Å². The van der Waals surface area contributed by atoms with Gasteiger partial charge >= 0.3 is 0 Å². The monoisotopic (exact) mass is 342 g/mol. The van der Waals surface area contributed by atoms with E-state index in [0.29, 0.717) is 0 Å². The zero-order chi connectivity index (χ0) is 17.9. The van der Waals surface area contributed by atoms with Crippen LogP contribution in [0, 0.1) is 0 Å². The number of hydrogen-bond donors (Lipinski definition) is 1. The number of hydrazone groups is 1. The molecular formula is C23H22N2O. The van der Waals surface area contributed by atoms with Gasteiger partial charge in [-0.1, -0.05) is 61.5 Å². The summed E-state index contributed by atoms with van der Waals surface area (Å²) in [4.78, 5) is 0. The van der Waals surface area contributed by atoms with Gasteiger partial charge in [0.2, 0.25) is 0 Å². The fourth-order valence-corrected chi connectivity index (χ4v) is 3.39. The fourth-order valence-electron chi connectivity index (χ4n) is 3.39. The summed E-state index contributed by atoms with van der Waals surface area (Å²) >= 11 is 0. The van der Waals surface area contributed by atoms with Crippen molar-refractivity contribution < 1.29 is 5.11 Å². The molecule has 130 valence electrons. The van der Waals surface area contributed by atoms with Gasteiger partial charge in [-0.25, -0.2) is 0 Å². The lowest BCUT2D eigenvalue weighted by molar-refractivity contribution is 0.475. The molecule has 0 bridgehead atoms. The minimum absolute atomic E-state index is 0.124. The van der Waals surface area contributed by atoms with E-state index in [1.807, 2.05) is 30.3 Å². The van der Waals surface area contributed by atoms with Crippen LogP contribution in [-0.4, -0.2) is 10.8 Å². The summed E-state index contributed by atoms with van der Waals surface area (Å²) < 4.78 is 0. The summed E-state index contributed by atoms with van der Waals surface area (Å²) in [5, 5.41) is 16.7. The molecule has 4 rings (SSSR count). The quantitative estimate of drug-likeness (QED) is 0.697. The Balaban J connectivity index is 1.71. The number of anilines is 1. The van der Waals surface area contributed by atoms with E-state index in [0.717, 1.165) is 29.8 Å². The van der Waals surface area contributed by atoms with Crippen molar-refractivity contribution in [3.63, 3.8) is 0 Å². The topological polar surface area (TPSA) is 35.8 Å². The van der Waals surface area contributed by atoms with Crippen molar-refractivity contribution in [2.75, 3.05) is 5.01 Å². The van der Waals surface area contributed by atoms with Gasteiger partial charge in [-0.2, -0.15) is 5.10 Å². The van der Waals surface area contributed by atoms with Gasteiger partial charge in [0, 0.05) is 6.42 Å². The van der Waals surface area contributed by atoms with E-state index < -0.39 is 0 Å². The lowest BCUT2D eigenvalue weighted by Crippen LogP contribution is -2.18. The number of phenolic OH excluding ortho intramolecular Hbond substituents is 1. The van der Waals surface area contributed by atoms with Crippen molar-refractivity contribution in [2.45, 2.75) is 25.8 Å². The summed E-state index contributed by atoms with van der Waals surface area (Å²) in [7, 11) is 0. The van der Waals surface area contributed by atoms with E-state index in [2.05, 4.69) is 48.3 Å². The van der Waals surface area contributed by atoms with Crippen LogP contribution in [0.2, 0.25) is 0 Å². The van der Waals surface area contributed by atoms with Crippen molar-refractivity contribution in [3.8, 4) is 5.75 Å². The summed E-state index contributed by atoms with van der Waals surface area (Å²) in [5.41, 5.74) is 5.82. The molecule has 1 heterocycles. The number of nitrogens with zero attached hydrogens (tertiary/aromatic N) is 2. The number of hydrogen-bond acceptors (Lipinski definition) is 3. The van der Waals surface area contributed by atoms with Gasteiger partial charge in [0.15, 0.2) is 0 Å². The second kappa shape index (κ2) is 7.04. The summed E-state index contributed by atoms with van der Waals surface area (Å²) in [6.45, 7) is 2.17. The molecule has 0 spiro atoms. The van der Waals surface area contributed by atoms with Crippen LogP contribution in [0.5, 0.6) is 5.75 Å². The second-order valence-electron chi connectivity index (χ2n) is 6.59. The maximum atomic E-state index is 9.62. The third-order valence-corrected chi connectivity index (χ3v) is 4.90. The Hall–Kier alpha value is -3.07. The highest BCUT2D eigenvalue weighted by molar-refractivity contribution is 6.03. The minimum atomic E-state index is 0.124. The Labute approximate surface area is 154 Å². The molecule has 1 unspecified atom stereocenters. The predicted molar refractivity (Wildman–Crippen MR) is 107 cm³/mol. The van der Waals surface area contributed by atoms with Crippen LogP contribution in [0.15, 0.2) is 84.0 Å². The molecule has 1 atom stereocenters. The lowest BCUT2D eigenvalue weighted by atomic mass is 9.97. The van der Waals surface area contributed by atoms with E-state index in [1.165, 1.54) is 11.1 Å². The molecule has 3 heteroatoms. The Kier molecular flexibility index (Phi) is 4.44. The first-order valence-electron chi connectivity index (χ1n) is 9.04. The maximum absolute atomic E-state index is 9.62. The molecule has 0 amide bonds. The van der Waals surface area contributed by atoms with E-state index in [-0.39, 0.29) is 11.8 Å². The van der Waals surface area contributed by atoms with Crippen molar-refractivity contribution in [1.29, 1.82) is 0 Å². The molecule has 0 aliphatic carbocycles. The van der Waals surface area contributed by atoms with E-state index in [1.54, 1.807) is 12.1 Å². The first-order valence-corrected chi connectivity index (χ1v) is 9.04. The maximum Gasteiger partial charge on any atom is 0.115 e. The van der Waals surface area contributed by atoms with Gasteiger partial charge in [0.25, 0.3) is 0 Å². The number of rotatable bonds is 4. The molecule has 0 fully saturated rings. The highest BCUT2D eigenvalue weighted by Crippen LogP contribution is 2.37. The Morgan fingerprint density at radius 3 is 2.27 bits per heavy atom. The van der Waals surface area contributed by atoms with Crippen LogP contribution in [0.25, 0.3) is 0 Å². The number of aromatic hydroxyl groups is 1. The van der Waals surface area contributed by atoms with Crippen molar-refractivity contribution in [3.05, 3.63) is 95.6 Å². The fraction of sp³-hybridized carbons (Fsp3) is 0.174. The van der Waals surface area contributed by atoms with Gasteiger partial charge in [-0.15, -0.1) is 0 Å². The lowest BCUT2D eigenvalue weighted by Gasteiger charge is -2.24. The average molecular weight is 342 g/mol. The molecule has 1 N–H and O–H groups in total. The van der Waals surface area contributed by atoms with Gasteiger partial charge in [0.05, 0.1) is 17.4 Å². The number of aryl methyl sites for hydroxylation is 1. The van der Waals surface area contributed by atoms with Crippen LogP contribution < -0.4 is 5.01 Å². The van der Waals surface area contributed by atoms with Crippen LogP contribution in [-0.2, 0) is 6.42 Å². The summed E-state index contributed by atoms with van der Waals surface area (Å²) in [6.07, 6.45) is 1.88. The van der Waals surface area contributed by atoms with Gasteiger partial charge in [0.1, 0.15) is 5.75 Å². The van der Waals surface area contributed by atoms with E-state index in [9.17, 15) is 5.11 Å². The third kappa shape index (κ3) is 3.21. The van der Waals surface area contributed by atoms with E-state index in [4.69, 9.17) is 5.10 Å². The van der Waals surface area contributed by atoms with Crippen molar-refractivity contribution in [1.82, 2.24) is 0 Å². The van der Waals surface area contributed by atoms with Gasteiger partial charge in [-0.3, -0.25) is 5.01 Å². The Bertz CT molecular complexity index is 899. The first-order chi connectivity index (χ1) is 12.7. The normalized spacial score (nSPS) is 16.6. The largest absolute Gasteiger partial charge is 0.508 e. The smallest absolute Gasteiger partial charge is 0.115 e. The summed E-state index contributed by atoms with van der Waals surface area (Å²) in [5.74, 6) is 0.286. The third-order valence-electron chi connectivity index (χ3n) is 4.90. The first kappa shape index (κ1) is 16.4. The van der Waals surface area contributed by atoms with Gasteiger partial charge in [-0.05, 0) is 47.4 Å². The molecule has 3 nitrogen and oxygen atoms in total. The molecule has 26 heavy (non-hydrogen) atoms. The number of para-hydroxylation sites is 1. The highest BCUT2D eigenvalue weighted by Gasteiger charge is 2.29. The molecule has 1 aliphatic rings. The Morgan fingerprint density at radius 1 is 0.923 bits per heavy atom. The summed E-state index contributed by atoms with van der Waals surface area (Å²) in [6, 6.07) is 26.5. The Morgan fingerprint density at radius 2 is 1.62 bits per heavy atom. The standard InChI is InChI=1S/C23H22N2O/c1-2-17-8-10-18(11-9-17)22-16-23(19-12-14-21(26)15-13-19)25(24-22)20-6-4-3-5-7-20/h3-15,23,26H,2,16H2,1H3. The van der Waals surface area contributed by atoms with Crippen LogP contribution in [0.3, 0.4) is 0 Å². The predicted octanol–water partition coefficient (Wildman–Crippen LogP) is 5.31. The number of phenols is 1. The molecule has 0 saturated heterocycles.